The molecule has 17 heavy (non-hydrogen) atoms. The van der Waals surface area contributed by atoms with Gasteiger partial charge in [-0.1, -0.05) is 6.07 Å². The highest BCUT2D eigenvalue weighted by molar-refractivity contribution is 5.61. The van der Waals surface area contributed by atoms with E-state index in [1.807, 2.05) is 24.4 Å². The summed E-state index contributed by atoms with van der Waals surface area (Å²) in [4.78, 5) is 4.40. The van der Waals surface area contributed by atoms with Crippen LogP contribution in [0.2, 0.25) is 0 Å². The molecule has 0 spiro atoms. The summed E-state index contributed by atoms with van der Waals surface area (Å²) in [6.45, 7) is 0. The molecule has 2 aromatic rings. The van der Waals surface area contributed by atoms with E-state index in [-0.39, 0.29) is 0 Å². The summed E-state index contributed by atoms with van der Waals surface area (Å²) in [5, 5.41) is 11.3. The van der Waals surface area contributed by atoms with Crippen molar-refractivity contribution in [2.45, 2.75) is 31.3 Å². The predicted molar refractivity (Wildman–Crippen MR) is 64.4 cm³/mol. The van der Waals surface area contributed by atoms with Crippen LogP contribution < -0.4 is 5.32 Å². The van der Waals surface area contributed by atoms with Gasteiger partial charge in [0.1, 0.15) is 5.69 Å². The standard InChI is InChI=1S/C13H14N4/c1-2-6-14-10(3-1)13-12-9-5-4-8(15-9)7-11(12)16-17-13/h1-3,6,8-9,15H,4-5,7H2,(H,16,17)/t8-,9+/m1/s1. The Bertz CT molecular complexity index is 546. The minimum atomic E-state index is 0.472. The summed E-state index contributed by atoms with van der Waals surface area (Å²) in [6, 6.07) is 7.09. The van der Waals surface area contributed by atoms with Crippen molar-refractivity contribution in [3.05, 3.63) is 35.7 Å². The van der Waals surface area contributed by atoms with Gasteiger partial charge in [0.15, 0.2) is 0 Å². The van der Waals surface area contributed by atoms with Crippen LogP contribution >= 0.6 is 0 Å². The second-order valence-corrected chi connectivity index (χ2v) is 4.88. The molecule has 0 aliphatic carbocycles. The molecular weight excluding hydrogens is 212 g/mol. The molecule has 0 saturated carbocycles. The second-order valence-electron chi connectivity index (χ2n) is 4.88. The number of nitrogens with one attached hydrogen (secondary N) is 2. The molecule has 2 atom stereocenters. The Kier molecular flexibility index (Phi) is 1.87. The third-order valence-corrected chi connectivity index (χ3v) is 3.83. The summed E-state index contributed by atoms with van der Waals surface area (Å²) in [7, 11) is 0. The summed E-state index contributed by atoms with van der Waals surface area (Å²) in [6.07, 6.45) is 5.39. The van der Waals surface area contributed by atoms with Crippen molar-refractivity contribution in [1.82, 2.24) is 20.5 Å². The topological polar surface area (TPSA) is 53.6 Å². The Hall–Kier alpha value is -1.68. The van der Waals surface area contributed by atoms with Gasteiger partial charge in [-0.15, -0.1) is 0 Å². The van der Waals surface area contributed by atoms with Crippen molar-refractivity contribution in [2.24, 2.45) is 0 Å². The maximum atomic E-state index is 4.46. The molecule has 0 aromatic carbocycles. The van der Waals surface area contributed by atoms with Crippen molar-refractivity contribution in [3.8, 4) is 11.4 Å². The lowest BCUT2D eigenvalue weighted by molar-refractivity contribution is 0.511. The first-order valence-electron chi connectivity index (χ1n) is 6.16. The molecule has 4 rings (SSSR count). The van der Waals surface area contributed by atoms with Crippen LogP contribution in [0.3, 0.4) is 0 Å². The highest BCUT2D eigenvalue weighted by Gasteiger charge is 2.36. The summed E-state index contributed by atoms with van der Waals surface area (Å²) >= 11 is 0. The van der Waals surface area contributed by atoms with E-state index in [1.54, 1.807) is 0 Å². The van der Waals surface area contributed by atoms with Gasteiger partial charge in [0.25, 0.3) is 0 Å². The smallest absolute Gasteiger partial charge is 0.115 e. The van der Waals surface area contributed by atoms with E-state index in [4.69, 9.17) is 0 Å². The van der Waals surface area contributed by atoms with Crippen molar-refractivity contribution >= 4 is 0 Å². The van der Waals surface area contributed by atoms with Crippen molar-refractivity contribution in [1.29, 1.82) is 0 Å². The van der Waals surface area contributed by atoms with Crippen LogP contribution in [0.1, 0.15) is 30.1 Å². The maximum absolute atomic E-state index is 4.46. The highest BCUT2D eigenvalue weighted by atomic mass is 15.2. The van der Waals surface area contributed by atoms with E-state index >= 15 is 0 Å². The Morgan fingerprint density at radius 1 is 1.24 bits per heavy atom. The van der Waals surface area contributed by atoms with Gasteiger partial charge < -0.3 is 5.32 Å². The number of aromatic nitrogens is 3. The minimum Gasteiger partial charge on any atom is -0.307 e. The summed E-state index contributed by atoms with van der Waals surface area (Å²) < 4.78 is 0. The molecule has 4 nitrogen and oxygen atoms in total. The fourth-order valence-corrected chi connectivity index (χ4v) is 3.07. The molecule has 2 bridgehead atoms. The number of aromatic amines is 1. The van der Waals surface area contributed by atoms with Crippen LogP contribution in [-0.2, 0) is 6.42 Å². The zero-order chi connectivity index (χ0) is 11.2. The molecule has 2 aliphatic rings. The molecule has 1 fully saturated rings. The molecule has 2 N–H and O–H groups in total. The molecule has 0 unspecified atom stereocenters. The van der Waals surface area contributed by atoms with Gasteiger partial charge in [-0.25, -0.2) is 0 Å². The number of nitrogens with zero attached hydrogens (tertiary/aromatic N) is 2. The number of fused-ring (bicyclic) bond motifs is 4. The van der Waals surface area contributed by atoms with E-state index in [1.165, 1.54) is 24.1 Å². The SMILES string of the molecule is c1ccc(-c2n[nH]c3c2[C@@H]2CC[C@H](C3)N2)nc1. The molecular formula is C13H14N4. The fraction of sp³-hybridized carbons (Fsp3) is 0.385. The number of hydrogen-bond donors (Lipinski definition) is 2. The third kappa shape index (κ3) is 1.34. The van der Waals surface area contributed by atoms with E-state index < -0.39 is 0 Å². The molecule has 0 radical (unpaired) electrons. The van der Waals surface area contributed by atoms with Gasteiger partial charge in [-0.05, 0) is 25.0 Å². The molecule has 4 heteroatoms. The largest absolute Gasteiger partial charge is 0.307 e. The Balaban J connectivity index is 1.87. The first-order valence-corrected chi connectivity index (χ1v) is 6.16. The number of hydrogen-bond acceptors (Lipinski definition) is 3. The van der Waals surface area contributed by atoms with E-state index in [0.29, 0.717) is 12.1 Å². The van der Waals surface area contributed by atoms with E-state index in [0.717, 1.165) is 17.8 Å². The molecule has 86 valence electrons. The predicted octanol–water partition coefficient (Wildman–Crippen LogP) is 1.82. The van der Waals surface area contributed by atoms with Crippen molar-refractivity contribution < 1.29 is 0 Å². The third-order valence-electron chi connectivity index (χ3n) is 3.83. The Labute approximate surface area is 99.5 Å². The number of H-pyrrole nitrogens is 1. The van der Waals surface area contributed by atoms with Gasteiger partial charge >= 0.3 is 0 Å². The van der Waals surface area contributed by atoms with Crippen molar-refractivity contribution in [3.63, 3.8) is 0 Å². The van der Waals surface area contributed by atoms with Crippen LogP contribution in [0.5, 0.6) is 0 Å². The lowest BCUT2D eigenvalue weighted by Crippen LogP contribution is -2.31. The maximum Gasteiger partial charge on any atom is 0.115 e. The molecule has 4 heterocycles. The van der Waals surface area contributed by atoms with Crippen LogP contribution in [0.25, 0.3) is 11.4 Å². The molecule has 2 aromatic heterocycles. The summed E-state index contributed by atoms with van der Waals surface area (Å²) in [5.74, 6) is 0. The van der Waals surface area contributed by atoms with Crippen LogP contribution in [0.4, 0.5) is 0 Å². The lowest BCUT2D eigenvalue weighted by atomic mass is 9.98. The van der Waals surface area contributed by atoms with Crippen molar-refractivity contribution in [2.75, 3.05) is 0 Å². The lowest BCUT2D eigenvalue weighted by Gasteiger charge is -2.21. The summed E-state index contributed by atoms with van der Waals surface area (Å²) in [5.41, 5.74) is 4.64. The van der Waals surface area contributed by atoms with Gasteiger partial charge in [0, 0.05) is 36.0 Å². The minimum absolute atomic E-state index is 0.472. The average Bonchev–Trinajstić information content (AvgIpc) is 2.96. The second kappa shape index (κ2) is 3.40. The van der Waals surface area contributed by atoms with E-state index in [2.05, 4.69) is 20.5 Å². The average molecular weight is 226 g/mol. The Morgan fingerprint density at radius 2 is 2.24 bits per heavy atom. The van der Waals surface area contributed by atoms with Gasteiger partial charge in [-0.3, -0.25) is 10.1 Å². The fourth-order valence-electron chi connectivity index (χ4n) is 3.07. The number of rotatable bonds is 1. The zero-order valence-corrected chi connectivity index (χ0v) is 9.48. The molecule has 0 amide bonds. The zero-order valence-electron chi connectivity index (χ0n) is 9.48. The van der Waals surface area contributed by atoms with Gasteiger partial charge in [0.2, 0.25) is 0 Å². The van der Waals surface area contributed by atoms with Gasteiger partial charge in [-0.2, -0.15) is 5.10 Å². The normalized spacial score (nSPS) is 25.9. The van der Waals surface area contributed by atoms with Crippen LogP contribution in [0, 0.1) is 0 Å². The first-order chi connectivity index (χ1) is 8.42. The van der Waals surface area contributed by atoms with Crippen LogP contribution in [-0.4, -0.2) is 21.2 Å². The molecule has 1 saturated heterocycles. The molecule has 2 aliphatic heterocycles. The Morgan fingerprint density at radius 3 is 3.12 bits per heavy atom. The number of pyridine rings is 1. The van der Waals surface area contributed by atoms with Crippen LogP contribution in [0.15, 0.2) is 24.4 Å². The first kappa shape index (κ1) is 9.36. The quantitative estimate of drug-likeness (QED) is 0.780. The van der Waals surface area contributed by atoms with Gasteiger partial charge in [0.05, 0.1) is 5.69 Å². The highest BCUT2D eigenvalue weighted by Crippen LogP contribution is 2.39. The monoisotopic (exact) mass is 226 g/mol. The van der Waals surface area contributed by atoms with E-state index in [9.17, 15) is 0 Å².